The molecule has 6 nitrogen and oxygen atoms in total. The molecule has 0 saturated heterocycles. The zero-order chi connectivity index (χ0) is 15.9. The molecule has 0 heterocycles. The molecule has 2 N–H and O–H groups in total. The van der Waals surface area contributed by atoms with Crippen LogP contribution in [0.4, 0.5) is 5.69 Å². The molecule has 6 heteroatoms. The largest absolute Gasteiger partial charge is 0.497 e. The lowest BCUT2D eigenvalue weighted by atomic mass is 10.00. The molecule has 0 spiro atoms. The summed E-state index contributed by atoms with van der Waals surface area (Å²) in [4.78, 5) is 15.3. The lowest BCUT2D eigenvalue weighted by molar-refractivity contribution is -0.135. The maximum atomic E-state index is 10.7. The second-order valence-corrected chi connectivity index (χ2v) is 4.87. The van der Waals surface area contributed by atoms with Crippen molar-refractivity contribution in [3.8, 4) is 5.75 Å². The van der Waals surface area contributed by atoms with Crippen LogP contribution in [0.15, 0.2) is 40.7 Å². The second-order valence-electron chi connectivity index (χ2n) is 4.87. The quantitative estimate of drug-likeness (QED) is 0.844. The zero-order valence-electron chi connectivity index (χ0n) is 12.8. The minimum atomic E-state index is -0.901. The van der Waals surface area contributed by atoms with Crippen LogP contribution in [0.25, 0.3) is 0 Å². The van der Waals surface area contributed by atoms with Gasteiger partial charge >= 0.3 is 5.97 Å². The van der Waals surface area contributed by atoms with E-state index >= 15 is 0 Å². The topological polar surface area (TPSA) is 80.2 Å². The highest BCUT2D eigenvalue weighted by atomic mass is 16.5. The van der Waals surface area contributed by atoms with E-state index in [-0.39, 0.29) is 6.54 Å². The molecule has 0 fully saturated rings. The Morgan fingerprint density at radius 1 is 1.23 bits per heavy atom. The fourth-order valence-electron chi connectivity index (χ4n) is 2.35. The molecule has 0 aliphatic heterocycles. The van der Waals surface area contributed by atoms with E-state index in [1.165, 1.54) is 0 Å². The van der Waals surface area contributed by atoms with Crippen molar-refractivity contribution in [2.75, 3.05) is 20.8 Å². The molecule has 0 atom stereocenters. The summed E-state index contributed by atoms with van der Waals surface area (Å²) in [5, 5.41) is 11.7. The van der Waals surface area contributed by atoms with E-state index in [1.807, 2.05) is 24.3 Å². The molecule has 1 aromatic rings. The predicted molar refractivity (Wildman–Crippen MR) is 83.6 cm³/mol. The number of aliphatic carboxylic acids is 1. The maximum absolute atomic E-state index is 10.7. The molecule has 0 unspecified atom stereocenters. The van der Waals surface area contributed by atoms with E-state index in [1.54, 1.807) is 14.2 Å². The van der Waals surface area contributed by atoms with Gasteiger partial charge in [0, 0.05) is 0 Å². The number of carboxylic acid groups (broad SMARTS) is 1. The Balaban J connectivity index is 2.24. The molecule has 0 radical (unpaired) electrons. The summed E-state index contributed by atoms with van der Waals surface area (Å²) < 4.78 is 10.6. The molecule has 0 aromatic heterocycles. The van der Waals surface area contributed by atoms with E-state index in [4.69, 9.17) is 14.6 Å². The summed E-state index contributed by atoms with van der Waals surface area (Å²) in [5.41, 5.74) is 2.43. The van der Waals surface area contributed by atoms with Crippen molar-refractivity contribution in [1.82, 2.24) is 5.32 Å². The van der Waals surface area contributed by atoms with Crippen molar-refractivity contribution in [2.45, 2.75) is 19.3 Å². The first-order valence-electron chi connectivity index (χ1n) is 7.09. The van der Waals surface area contributed by atoms with Crippen LogP contribution in [0.5, 0.6) is 5.75 Å². The summed E-state index contributed by atoms with van der Waals surface area (Å²) in [7, 11) is 3.20. The van der Waals surface area contributed by atoms with Gasteiger partial charge in [-0.1, -0.05) is 0 Å². The predicted octanol–water partition coefficient (Wildman–Crippen LogP) is 2.48. The maximum Gasteiger partial charge on any atom is 0.322 e. The highest BCUT2D eigenvalue weighted by Crippen LogP contribution is 2.25. The van der Waals surface area contributed by atoms with Crippen molar-refractivity contribution >= 4 is 17.4 Å². The summed E-state index contributed by atoms with van der Waals surface area (Å²) in [6, 6.07) is 7.44. The van der Waals surface area contributed by atoms with E-state index in [0.29, 0.717) is 5.76 Å². The fraction of sp³-hybridized carbons (Fsp3) is 0.375. The summed E-state index contributed by atoms with van der Waals surface area (Å²) in [6.07, 6.45) is 2.47. The number of carboxylic acids is 1. The van der Waals surface area contributed by atoms with Crippen molar-refractivity contribution < 1.29 is 19.4 Å². The lowest BCUT2D eigenvalue weighted by Gasteiger charge is -2.21. The van der Waals surface area contributed by atoms with Gasteiger partial charge in [0.1, 0.15) is 12.3 Å². The third-order valence-electron chi connectivity index (χ3n) is 3.37. The standard InChI is InChI=1S/C16H20N2O4/c1-21-12-8-6-11(7-9-12)18-14-5-3-4-13(16(14)22-2)17-10-15(19)20/h6-9,17H,3-5,10H2,1-2H3,(H,19,20)/b18-14+. The van der Waals surface area contributed by atoms with E-state index < -0.39 is 5.97 Å². The van der Waals surface area contributed by atoms with Crippen LogP contribution < -0.4 is 10.1 Å². The number of aliphatic imine (C=N–C) groups is 1. The monoisotopic (exact) mass is 304 g/mol. The second kappa shape index (κ2) is 7.49. The van der Waals surface area contributed by atoms with E-state index in [2.05, 4.69) is 10.3 Å². The van der Waals surface area contributed by atoms with Crippen molar-refractivity contribution in [2.24, 2.45) is 4.99 Å². The number of benzene rings is 1. The Kier molecular flexibility index (Phi) is 5.41. The third-order valence-corrected chi connectivity index (χ3v) is 3.37. The summed E-state index contributed by atoms with van der Waals surface area (Å²) >= 11 is 0. The average molecular weight is 304 g/mol. The Morgan fingerprint density at radius 2 is 1.95 bits per heavy atom. The Bertz CT molecular complexity index is 591. The minimum Gasteiger partial charge on any atom is -0.497 e. The molecule has 2 rings (SSSR count). The lowest BCUT2D eigenvalue weighted by Crippen LogP contribution is -2.27. The van der Waals surface area contributed by atoms with Gasteiger partial charge in [0.05, 0.1) is 31.3 Å². The molecule has 0 amide bonds. The van der Waals surface area contributed by atoms with Gasteiger partial charge in [0.25, 0.3) is 0 Å². The molecule has 1 aromatic carbocycles. The summed E-state index contributed by atoms with van der Waals surface area (Å²) in [5.74, 6) is 0.518. The van der Waals surface area contributed by atoms with Crippen molar-refractivity contribution in [3.63, 3.8) is 0 Å². The number of ether oxygens (including phenoxy) is 2. The van der Waals surface area contributed by atoms with Crippen LogP contribution in [0, 0.1) is 0 Å². The average Bonchev–Trinajstić information content (AvgIpc) is 2.53. The van der Waals surface area contributed by atoms with Gasteiger partial charge in [-0.3, -0.25) is 4.79 Å². The SMILES string of the molecule is COC1=C(NCC(=O)O)CCC/C1=N\c1ccc(OC)cc1. The molecule has 1 aliphatic carbocycles. The van der Waals surface area contributed by atoms with Gasteiger partial charge in [-0.25, -0.2) is 4.99 Å². The van der Waals surface area contributed by atoms with Crippen LogP contribution in [0.1, 0.15) is 19.3 Å². The Hall–Kier alpha value is -2.50. The molecule has 22 heavy (non-hydrogen) atoms. The smallest absolute Gasteiger partial charge is 0.322 e. The number of methoxy groups -OCH3 is 2. The first-order chi connectivity index (χ1) is 10.6. The summed E-state index contributed by atoms with van der Waals surface area (Å²) in [6.45, 7) is -0.127. The molecule has 118 valence electrons. The first kappa shape index (κ1) is 15.9. The first-order valence-corrected chi connectivity index (χ1v) is 7.09. The number of hydrogen-bond donors (Lipinski definition) is 2. The van der Waals surface area contributed by atoms with Gasteiger partial charge in [-0.05, 0) is 43.5 Å². The van der Waals surface area contributed by atoms with Crippen LogP contribution in [-0.4, -0.2) is 37.6 Å². The van der Waals surface area contributed by atoms with Gasteiger partial charge in [-0.15, -0.1) is 0 Å². The molecular formula is C16H20N2O4. The third kappa shape index (κ3) is 4.00. The fourth-order valence-corrected chi connectivity index (χ4v) is 2.35. The van der Waals surface area contributed by atoms with Gasteiger partial charge in [0.2, 0.25) is 0 Å². The minimum absolute atomic E-state index is 0.127. The van der Waals surface area contributed by atoms with Gasteiger partial charge < -0.3 is 19.9 Å². The molecular weight excluding hydrogens is 284 g/mol. The number of nitrogens with zero attached hydrogens (tertiary/aromatic N) is 1. The number of hydrogen-bond acceptors (Lipinski definition) is 5. The normalized spacial score (nSPS) is 16.5. The van der Waals surface area contributed by atoms with Gasteiger partial charge in [-0.2, -0.15) is 0 Å². The van der Waals surface area contributed by atoms with Crippen LogP contribution in [0.3, 0.4) is 0 Å². The number of allylic oxidation sites excluding steroid dienone is 2. The number of rotatable bonds is 6. The van der Waals surface area contributed by atoms with Crippen molar-refractivity contribution in [3.05, 3.63) is 35.7 Å². The van der Waals surface area contributed by atoms with E-state index in [9.17, 15) is 4.79 Å². The van der Waals surface area contributed by atoms with Crippen LogP contribution in [-0.2, 0) is 9.53 Å². The van der Waals surface area contributed by atoms with E-state index in [0.717, 1.165) is 42.1 Å². The molecule has 0 saturated carbocycles. The van der Waals surface area contributed by atoms with Crippen LogP contribution >= 0.6 is 0 Å². The molecule has 1 aliphatic rings. The van der Waals surface area contributed by atoms with Gasteiger partial charge in [0.15, 0.2) is 5.76 Å². The Labute approximate surface area is 129 Å². The zero-order valence-corrected chi connectivity index (χ0v) is 12.8. The Morgan fingerprint density at radius 3 is 2.55 bits per heavy atom. The van der Waals surface area contributed by atoms with Crippen LogP contribution in [0.2, 0.25) is 0 Å². The highest BCUT2D eigenvalue weighted by Gasteiger charge is 2.20. The number of carbonyl (C=O) groups is 1. The number of nitrogens with one attached hydrogen (secondary N) is 1. The van der Waals surface area contributed by atoms with Crippen molar-refractivity contribution in [1.29, 1.82) is 0 Å². The highest BCUT2D eigenvalue weighted by molar-refractivity contribution is 6.01. The molecule has 0 bridgehead atoms.